The van der Waals surface area contributed by atoms with E-state index in [1.165, 1.54) is 0 Å². The van der Waals surface area contributed by atoms with E-state index in [0.29, 0.717) is 6.54 Å². The molecule has 0 aliphatic carbocycles. The summed E-state index contributed by atoms with van der Waals surface area (Å²) in [6.07, 6.45) is 8.13. The van der Waals surface area contributed by atoms with E-state index in [1.807, 2.05) is 35.9 Å². The second-order valence-corrected chi connectivity index (χ2v) is 5.90. The molecule has 0 unspecified atom stereocenters. The van der Waals surface area contributed by atoms with Crippen LogP contribution in [0, 0.1) is 0 Å². The SMILES string of the molecule is O=C(/C=C/c1cccs1)NCCCn1ccc2cccnc21. The largest absolute Gasteiger partial charge is 0.352 e. The number of nitrogens with one attached hydrogen (secondary N) is 1. The predicted molar refractivity (Wildman–Crippen MR) is 90.7 cm³/mol. The molecule has 0 aromatic carbocycles. The fourth-order valence-electron chi connectivity index (χ4n) is 2.26. The van der Waals surface area contributed by atoms with Gasteiger partial charge in [-0.15, -0.1) is 11.3 Å². The number of fused-ring (bicyclic) bond motifs is 1. The fourth-order valence-corrected chi connectivity index (χ4v) is 2.88. The molecule has 0 atom stereocenters. The Labute approximate surface area is 133 Å². The topological polar surface area (TPSA) is 46.9 Å². The smallest absolute Gasteiger partial charge is 0.244 e. The Morgan fingerprint density at radius 2 is 2.27 bits per heavy atom. The maximum Gasteiger partial charge on any atom is 0.244 e. The summed E-state index contributed by atoms with van der Waals surface area (Å²) >= 11 is 1.62. The first kappa shape index (κ1) is 14.5. The molecular weight excluding hydrogens is 294 g/mol. The van der Waals surface area contributed by atoms with E-state index in [0.717, 1.165) is 28.9 Å². The molecule has 1 N–H and O–H groups in total. The molecule has 0 saturated heterocycles. The molecule has 3 aromatic rings. The van der Waals surface area contributed by atoms with E-state index in [9.17, 15) is 4.79 Å². The third-order valence-corrected chi connectivity index (χ3v) is 4.18. The van der Waals surface area contributed by atoms with Crippen molar-refractivity contribution in [1.82, 2.24) is 14.9 Å². The summed E-state index contributed by atoms with van der Waals surface area (Å²) < 4.78 is 2.11. The van der Waals surface area contributed by atoms with Gasteiger partial charge in [0.1, 0.15) is 5.65 Å². The highest BCUT2D eigenvalue weighted by molar-refractivity contribution is 7.10. The summed E-state index contributed by atoms with van der Waals surface area (Å²) in [5.41, 5.74) is 0.992. The monoisotopic (exact) mass is 311 g/mol. The maximum atomic E-state index is 11.7. The molecule has 0 saturated carbocycles. The van der Waals surface area contributed by atoms with Crippen molar-refractivity contribution in [2.45, 2.75) is 13.0 Å². The lowest BCUT2D eigenvalue weighted by molar-refractivity contribution is -0.116. The van der Waals surface area contributed by atoms with Crippen LogP contribution < -0.4 is 5.32 Å². The van der Waals surface area contributed by atoms with Gasteiger partial charge in [-0.2, -0.15) is 0 Å². The van der Waals surface area contributed by atoms with Gasteiger partial charge >= 0.3 is 0 Å². The summed E-state index contributed by atoms with van der Waals surface area (Å²) in [4.78, 5) is 17.2. The van der Waals surface area contributed by atoms with E-state index >= 15 is 0 Å². The summed E-state index contributed by atoms with van der Waals surface area (Å²) in [6, 6.07) is 10.0. The van der Waals surface area contributed by atoms with Gasteiger partial charge in [0.15, 0.2) is 0 Å². The molecule has 1 amide bonds. The molecule has 22 heavy (non-hydrogen) atoms. The Kier molecular flexibility index (Phi) is 4.65. The first-order chi connectivity index (χ1) is 10.8. The number of nitrogens with zero attached hydrogens (tertiary/aromatic N) is 2. The summed E-state index contributed by atoms with van der Waals surface area (Å²) in [5, 5.41) is 6.04. The number of carbonyl (C=O) groups excluding carboxylic acids is 1. The molecule has 0 aliphatic rings. The van der Waals surface area contributed by atoms with Crippen molar-refractivity contribution in [3.05, 3.63) is 59.1 Å². The third kappa shape index (κ3) is 3.62. The Morgan fingerprint density at radius 1 is 1.32 bits per heavy atom. The molecular formula is C17H17N3OS. The van der Waals surface area contributed by atoms with Crippen molar-refractivity contribution >= 4 is 34.4 Å². The molecule has 0 aliphatic heterocycles. The van der Waals surface area contributed by atoms with Crippen LogP contribution in [0.3, 0.4) is 0 Å². The van der Waals surface area contributed by atoms with E-state index in [1.54, 1.807) is 23.6 Å². The number of rotatable bonds is 6. The van der Waals surface area contributed by atoms with E-state index in [4.69, 9.17) is 0 Å². The van der Waals surface area contributed by atoms with Crippen LogP contribution in [0.5, 0.6) is 0 Å². The van der Waals surface area contributed by atoms with Crippen molar-refractivity contribution in [3.63, 3.8) is 0 Å². The van der Waals surface area contributed by atoms with Crippen molar-refractivity contribution < 1.29 is 4.79 Å². The highest BCUT2D eigenvalue weighted by atomic mass is 32.1. The van der Waals surface area contributed by atoms with Crippen LogP contribution in [0.4, 0.5) is 0 Å². The van der Waals surface area contributed by atoms with Crippen molar-refractivity contribution in [1.29, 1.82) is 0 Å². The van der Waals surface area contributed by atoms with Crippen molar-refractivity contribution in [2.24, 2.45) is 0 Å². The van der Waals surface area contributed by atoms with E-state index in [2.05, 4.69) is 27.0 Å². The first-order valence-corrected chi connectivity index (χ1v) is 8.10. The zero-order chi connectivity index (χ0) is 15.2. The number of carbonyl (C=O) groups is 1. The Hall–Kier alpha value is -2.40. The van der Waals surface area contributed by atoms with Crippen LogP contribution in [-0.2, 0) is 11.3 Å². The second kappa shape index (κ2) is 7.04. The van der Waals surface area contributed by atoms with Gasteiger partial charge in [-0.3, -0.25) is 4.79 Å². The van der Waals surface area contributed by atoms with Gasteiger partial charge in [-0.05, 0) is 42.1 Å². The zero-order valence-electron chi connectivity index (χ0n) is 12.1. The number of aryl methyl sites for hydroxylation is 1. The van der Waals surface area contributed by atoms with Gasteiger partial charge in [-0.1, -0.05) is 6.07 Å². The quantitative estimate of drug-likeness (QED) is 0.561. The molecule has 5 heteroatoms. The summed E-state index contributed by atoms with van der Waals surface area (Å²) in [6.45, 7) is 1.50. The predicted octanol–water partition coefficient (Wildman–Crippen LogP) is 3.32. The molecule has 0 fully saturated rings. The third-order valence-electron chi connectivity index (χ3n) is 3.34. The average Bonchev–Trinajstić information content (AvgIpc) is 3.19. The number of pyridine rings is 1. The van der Waals surface area contributed by atoms with Crippen LogP contribution in [0.1, 0.15) is 11.3 Å². The molecule has 3 rings (SSSR count). The number of thiophene rings is 1. The highest BCUT2D eigenvalue weighted by Crippen LogP contribution is 2.12. The average molecular weight is 311 g/mol. The maximum absolute atomic E-state index is 11.7. The molecule has 3 aromatic heterocycles. The van der Waals surface area contributed by atoms with Crippen molar-refractivity contribution in [2.75, 3.05) is 6.54 Å². The number of aromatic nitrogens is 2. The Balaban J connectivity index is 1.44. The minimum atomic E-state index is -0.0520. The standard InChI is InChI=1S/C17H17N3OS/c21-16(7-6-15-5-2-13-22-15)18-10-3-11-20-12-8-14-4-1-9-19-17(14)20/h1-2,4-9,12-13H,3,10-11H2,(H,18,21)/b7-6+. The lowest BCUT2D eigenvalue weighted by Crippen LogP contribution is -2.23. The number of hydrogen-bond acceptors (Lipinski definition) is 3. The summed E-state index contributed by atoms with van der Waals surface area (Å²) in [5.74, 6) is -0.0520. The first-order valence-electron chi connectivity index (χ1n) is 7.22. The van der Waals surface area contributed by atoms with Gasteiger partial charge in [-0.25, -0.2) is 4.98 Å². The summed E-state index contributed by atoms with van der Waals surface area (Å²) in [7, 11) is 0. The fraction of sp³-hybridized carbons (Fsp3) is 0.176. The van der Waals surface area contributed by atoms with Gasteiger partial charge in [0.2, 0.25) is 5.91 Å². The van der Waals surface area contributed by atoms with Gasteiger partial charge < -0.3 is 9.88 Å². The normalized spacial score (nSPS) is 11.3. The van der Waals surface area contributed by atoms with Crippen molar-refractivity contribution in [3.8, 4) is 0 Å². The molecule has 0 bridgehead atoms. The number of hydrogen-bond donors (Lipinski definition) is 1. The molecule has 112 valence electrons. The van der Waals surface area contributed by atoms with Crippen LogP contribution in [0.15, 0.2) is 54.2 Å². The van der Waals surface area contributed by atoms with E-state index < -0.39 is 0 Å². The highest BCUT2D eigenvalue weighted by Gasteiger charge is 2.01. The van der Waals surface area contributed by atoms with Gasteiger partial charge in [0.05, 0.1) is 0 Å². The Bertz CT molecular complexity index is 774. The Morgan fingerprint density at radius 3 is 3.14 bits per heavy atom. The van der Waals surface area contributed by atoms with Crippen LogP contribution in [-0.4, -0.2) is 22.0 Å². The molecule has 4 nitrogen and oxygen atoms in total. The molecule has 0 spiro atoms. The lowest BCUT2D eigenvalue weighted by atomic mass is 10.3. The van der Waals surface area contributed by atoms with Crippen LogP contribution >= 0.6 is 11.3 Å². The zero-order valence-corrected chi connectivity index (χ0v) is 12.9. The van der Waals surface area contributed by atoms with Crippen LogP contribution in [0.2, 0.25) is 0 Å². The number of amides is 1. The van der Waals surface area contributed by atoms with Gasteiger partial charge in [0.25, 0.3) is 0 Å². The van der Waals surface area contributed by atoms with Gasteiger partial charge in [0, 0.05) is 41.8 Å². The van der Waals surface area contributed by atoms with E-state index in [-0.39, 0.29) is 5.91 Å². The lowest BCUT2D eigenvalue weighted by Gasteiger charge is -2.05. The van der Waals surface area contributed by atoms with Crippen LogP contribution in [0.25, 0.3) is 17.1 Å². The molecule has 0 radical (unpaired) electrons. The molecule has 3 heterocycles. The minimum absolute atomic E-state index is 0.0520. The minimum Gasteiger partial charge on any atom is -0.352 e. The second-order valence-electron chi connectivity index (χ2n) is 4.92.